The first-order valence-corrected chi connectivity index (χ1v) is 5.73. The van der Waals surface area contributed by atoms with E-state index in [1.807, 2.05) is 36.4 Å². The van der Waals surface area contributed by atoms with Crippen LogP contribution in [0.5, 0.6) is 0 Å². The van der Waals surface area contributed by atoms with Crippen LogP contribution in [0.15, 0.2) is 46.0 Å². The van der Waals surface area contributed by atoms with E-state index in [2.05, 4.69) is 26.5 Å². The second-order valence-electron chi connectivity index (χ2n) is 3.42. The Morgan fingerprint density at radius 3 is 2.82 bits per heavy atom. The average Bonchev–Trinajstić information content (AvgIpc) is 2.32. The van der Waals surface area contributed by atoms with E-state index < -0.39 is 6.03 Å². The highest BCUT2D eigenvalue weighted by atomic mass is 79.9. The van der Waals surface area contributed by atoms with E-state index in [9.17, 15) is 4.79 Å². The molecule has 0 atom stereocenters. The van der Waals surface area contributed by atoms with Crippen LogP contribution in [-0.4, -0.2) is 12.2 Å². The summed E-state index contributed by atoms with van der Waals surface area (Å²) < 4.78 is 0.936. The lowest BCUT2D eigenvalue weighted by atomic mass is 10.1. The van der Waals surface area contributed by atoms with Gasteiger partial charge in [0.2, 0.25) is 0 Å². The number of hydrogen-bond acceptors (Lipinski definition) is 2. The number of amides is 2. The van der Waals surface area contributed by atoms with Crippen LogP contribution in [0.1, 0.15) is 5.56 Å². The SMILES string of the molecule is NC(=O)NN=Cc1ccc2ccccc2c1Br. The van der Waals surface area contributed by atoms with Gasteiger partial charge >= 0.3 is 6.03 Å². The van der Waals surface area contributed by atoms with E-state index >= 15 is 0 Å². The van der Waals surface area contributed by atoms with E-state index in [1.54, 1.807) is 6.21 Å². The van der Waals surface area contributed by atoms with Gasteiger partial charge in [0, 0.05) is 10.0 Å². The molecule has 0 radical (unpaired) electrons. The fourth-order valence-electron chi connectivity index (χ4n) is 1.52. The Kier molecular flexibility index (Phi) is 3.39. The molecule has 3 N–H and O–H groups in total. The maximum Gasteiger partial charge on any atom is 0.332 e. The molecule has 0 saturated carbocycles. The van der Waals surface area contributed by atoms with Crippen LogP contribution in [0.2, 0.25) is 0 Å². The third-order valence-corrected chi connectivity index (χ3v) is 3.16. The van der Waals surface area contributed by atoms with Crippen molar-refractivity contribution in [2.45, 2.75) is 0 Å². The van der Waals surface area contributed by atoms with Crippen molar-refractivity contribution in [3.63, 3.8) is 0 Å². The predicted molar refractivity (Wildman–Crippen MR) is 72.0 cm³/mol. The van der Waals surface area contributed by atoms with Gasteiger partial charge in [0.25, 0.3) is 0 Å². The average molecular weight is 292 g/mol. The van der Waals surface area contributed by atoms with Crippen LogP contribution in [-0.2, 0) is 0 Å². The van der Waals surface area contributed by atoms with Crippen molar-refractivity contribution in [3.8, 4) is 0 Å². The molecule has 0 unspecified atom stereocenters. The molecule has 0 aromatic heterocycles. The lowest BCUT2D eigenvalue weighted by Gasteiger charge is -2.03. The molecule has 5 heteroatoms. The molecule has 4 nitrogen and oxygen atoms in total. The molecule has 2 aromatic carbocycles. The summed E-state index contributed by atoms with van der Waals surface area (Å²) >= 11 is 3.51. The van der Waals surface area contributed by atoms with Gasteiger partial charge < -0.3 is 5.73 Å². The Labute approximate surface area is 107 Å². The Hall–Kier alpha value is -1.88. The minimum Gasteiger partial charge on any atom is -0.350 e. The molecule has 0 saturated heterocycles. The summed E-state index contributed by atoms with van der Waals surface area (Å²) in [5.74, 6) is 0. The summed E-state index contributed by atoms with van der Waals surface area (Å²) in [5, 5.41) is 5.96. The number of carbonyl (C=O) groups excluding carboxylic acids is 1. The predicted octanol–water partition coefficient (Wildman–Crippen LogP) is 2.60. The lowest BCUT2D eigenvalue weighted by molar-refractivity contribution is 0.249. The number of carbonyl (C=O) groups is 1. The molecule has 2 aromatic rings. The molecule has 0 bridgehead atoms. The summed E-state index contributed by atoms with van der Waals surface area (Å²) in [6.07, 6.45) is 1.54. The normalized spacial score (nSPS) is 10.9. The molecule has 0 heterocycles. The van der Waals surface area contributed by atoms with Crippen LogP contribution in [0.4, 0.5) is 4.79 Å². The smallest absolute Gasteiger partial charge is 0.332 e. The molecule has 0 aliphatic carbocycles. The summed E-state index contributed by atoms with van der Waals surface area (Å²) in [7, 11) is 0. The quantitative estimate of drug-likeness (QED) is 0.648. The van der Waals surface area contributed by atoms with E-state index in [4.69, 9.17) is 5.73 Å². The highest BCUT2D eigenvalue weighted by molar-refractivity contribution is 9.10. The number of hydrazone groups is 1. The van der Waals surface area contributed by atoms with Crippen LogP contribution >= 0.6 is 15.9 Å². The van der Waals surface area contributed by atoms with Crippen molar-refractivity contribution in [3.05, 3.63) is 46.4 Å². The fraction of sp³-hybridized carbons (Fsp3) is 0. The second kappa shape index (κ2) is 4.97. The number of nitrogens with zero attached hydrogens (tertiary/aromatic N) is 1. The van der Waals surface area contributed by atoms with Crippen LogP contribution in [0.3, 0.4) is 0 Å². The van der Waals surface area contributed by atoms with Crippen molar-refractivity contribution < 1.29 is 4.79 Å². The lowest BCUT2D eigenvalue weighted by Crippen LogP contribution is -2.24. The van der Waals surface area contributed by atoms with Crippen molar-refractivity contribution in [2.24, 2.45) is 10.8 Å². The standard InChI is InChI=1S/C12H10BrN3O/c13-11-9(7-15-16-12(14)17)6-5-8-3-1-2-4-10(8)11/h1-7H,(H3,14,16,17). The highest BCUT2D eigenvalue weighted by Crippen LogP contribution is 2.26. The molecule has 17 heavy (non-hydrogen) atoms. The Bertz CT molecular complexity index is 595. The van der Waals surface area contributed by atoms with E-state index in [0.717, 1.165) is 20.8 Å². The van der Waals surface area contributed by atoms with Crippen LogP contribution < -0.4 is 11.2 Å². The third-order valence-electron chi connectivity index (χ3n) is 2.27. The Balaban J connectivity index is 2.39. The van der Waals surface area contributed by atoms with Crippen LogP contribution in [0, 0.1) is 0 Å². The van der Waals surface area contributed by atoms with Gasteiger partial charge in [0.05, 0.1) is 6.21 Å². The van der Waals surface area contributed by atoms with E-state index in [1.165, 1.54) is 0 Å². The van der Waals surface area contributed by atoms with Crippen molar-refractivity contribution in [2.75, 3.05) is 0 Å². The number of primary amides is 1. The summed E-state index contributed by atoms with van der Waals surface area (Å²) in [6.45, 7) is 0. The van der Waals surface area contributed by atoms with Crippen molar-refractivity contribution >= 4 is 38.9 Å². The number of urea groups is 1. The maximum atomic E-state index is 10.5. The third kappa shape index (κ3) is 2.62. The van der Waals surface area contributed by atoms with Gasteiger partial charge in [-0.1, -0.05) is 36.4 Å². The molecule has 86 valence electrons. The molecule has 0 fully saturated rings. The monoisotopic (exact) mass is 291 g/mol. The highest BCUT2D eigenvalue weighted by Gasteiger charge is 2.02. The minimum atomic E-state index is -0.682. The molecule has 0 aliphatic heterocycles. The van der Waals surface area contributed by atoms with Gasteiger partial charge in [-0.3, -0.25) is 0 Å². The first-order chi connectivity index (χ1) is 8.18. The number of rotatable bonds is 2. The largest absolute Gasteiger partial charge is 0.350 e. The van der Waals surface area contributed by atoms with Crippen molar-refractivity contribution in [1.29, 1.82) is 0 Å². The molecule has 0 aliphatic rings. The Morgan fingerprint density at radius 1 is 1.29 bits per heavy atom. The zero-order valence-electron chi connectivity index (χ0n) is 8.85. The number of nitrogens with one attached hydrogen (secondary N) is 1. The number of fused-ring (bicyclic) bond motifs is 1. The van der Waals surface area contributed by atoms with Gasteiger partial charge in [-0.2, -0.15) is 5.10 Å². The number of hydrogen-bond donors (Lipinski definition) is 2. The summed E-state index contributed by atoms with van der Waals surface area (Å²) in [5.41, 5.74) is 7.94. The molecular formula is C12H10BrN3O. The summed E-state index contributed by atoms with van der Waals surface area (Å²) in [4.78, 5) is 10.5. The number of halogens is 1. The topological polar surface area (TPSA) is 67.5 Å². The molecule has 2 amide bonds. The number of benzene rings is 2. The first-order valence-electron chi connectivity index (χ1n) is 4.94. The zero-order chi connectivity index (χ0) is 12.3. The molecular weight excluding hydrogens is 282 g/mol. The maximum absolute atomic E-state index is 10.5. The van der Waals surface area contributed by atoms with Crippen LogP contribution in [0.25, 0.3) is 10.8 Å². The second-order valence-corrected chi connectivity index (χ2v) is 4.22. The van der Waals surface area contributed by atoms with E-state index in [-0.39, 0.29) is 0 Å². The summed E-state index contributed by atoms with van der Waals surface area (Å²) in [6, 6.07) is 11.2. The minimum absolute atomic E-state index is 0.682. The van der Waals surface area contributed by atoms with Gasteiger partial charge in [-0.25, -0.2) is 10.2 Å². The van der Waals surface area contributed by atoms with Gasteiger partial charge in [0.15, 0.2) is 0 Å². The van der Waals surface area contributed by atoms with Gasteiger partial charge in [0.1, 0.15) is 0 Å². The van der Waals surface area contributed by atoms with Crippen molar-refractivity contribution in [1.82, 2.24) is 5.43 Å². The Morgan fingerprint density at radius 2 is 2.06 bits per heavy atom. The zero-order valence-corrected chi connectivity index (χ0v) is 10.4. The molecule has 0 spiro atoms. The number of nitrogens with two attached hydrogens (primary N) is 1. The first kappa shape index (κ1) is 11.6. The van der Waals surface area contributed by atoms with Gasteiger partial charge in [-0.15, -0.1) is 0 Å². The molecule has 2 rings (SSSR count). The van der Waals surface area contributed by atoms with Gasteiger partial charge in [-0.05, 0) is 26.7 Å². The fourth-order valence-corrected chi connectivity index (χ4v) is 2.11. The van der Waals surface area contributed by atoms with E-state index in [0.29, 0.717) is 0 Å².